The van der Waals surface area contributed by atoms with Crippen LogP contribution in [0.2, 0.25) is 0 Å². The molecular weight excluding hydrogens is 352 g/mol. The molecule has 2 N–H and O–H groups in total. The molecule has 1 fully saturated rings. The topological polar surface area (TPSA) is 81.9 Å². The lowest BCUT2D eigenvalue weighted by Crippen LogP contribution is -2.34. The zero-order chi connectivity index (χ0) is 17.0. The Balaban J connectivity index is 0.00000288. The third-order valence-electron chi connectivity index (χ3n) is 4.06. The summed E-state index contributed by atoms with van der Waals surface area (Å²) in [6.45, 7) is 7.56. The van der Waals surface area contributed by atoms with Crippen LogP contribution in [0.25, 0.3) is 0 Å². The van der Waals surface area contributed by atoms with Gasteiger partial charge in [0.15, 0.2) is 11.5 Å². The van der Waals surface area contributed by atoms with Gasteiger partial charge in [-0.3, -0.25) is 0 Å². The molecule has 0 radical (unpaired) electrons. The fraction of sp³-hybridized carbons (Fsp3) is 0.625. The number of ether oxygens (including phenoxy) is 2. The van der Waals surface area contributed by atoms with Crippen molar-refractivity contribution in [2.75, 3.05) is 26.3 Å². The molecule has 1 aromatic carbocycles. The number of benzene rings is 1. The summed E-state index contributed by atoms with van der Waals surface area (Å²) in [5.41, 5.74) is 5.70. The third-order valence-corrected chi connectivity index (χ3v) is 6.04. The van der Waals surface area contributed by atoms with E-state index >= 15 is 0 Å². The summed E-state index contributed by atoms with van der Waals surface area (Å²) in [6.07, 6.45) is 0.797. The van der Waals surface area contributed by atoms with Crippen LogP contribution >= 0.6 is 12.4 Å². The Hall–Kier alpha value is -1.02. The quantitative estimate of drug-likeness (QED) is 0.787. The summed E-state index contributed by atoms with van der Waals surface area (Å²) in [7, 11) is -3.56. The van der Waals surface area contributed by atoms with Crippen molar-refractivity contribution >= 4 is 22.4 Å². The predicted molar refractivity (Wildman–Crippen MR) is 96.5 cm³/mol. The van der Waals surface area contributed by atoms with Crippen LogP contribution in [0.5, 0.6) is 11.5 Å². The lowest BCUT2D eigenvalue weighted by molar-refractivity contribution is 0.287. The number of halogens is 1. The average Bonchev–Trinajstić information content (AvgIpc) is 2.91. The molecule has 0 bridgehead atoms. The van der Waals surface area contributed by atoms with Gasteiger partial charge in [0.25, 0.3) is 0 Å². The van der Waals surface area contributed by atoms with Crippen LogP contribution in [0.1, 0.15) is 27.2 Å². The molecule has 0 aliphatic carbocycles. The highest BCUT2D eigenvalue weighted by Crippen LogP contribution is 2.34. The standard InChI is InChI=1S/C16H26N2O4S.ClH/c1-4-21-15-7-6-14(9-16(15)22-5-2)23(19,20)18-11-13(10-17)8-12(18)3;/h6-7,9,12-13H,4-5,8,10-11,17H2,1-3H3;1H. The second-order valence-electron chi connectivity index (χ2n) is 5.74. The highest BCUT2D eigenvalue weighted by molar-refractivity contribution is 7.89. The number of sulfonamides is 1. The highest BCUT2D eigenvalue weighted by atomic mass is 35.5. The molecule has 0 aromatic heterocycles. The second kappa shape index (κ2) is 8.89. The summed E-state index contributed by atoms with van der Waals surface area (Å²) < 4.78 is 38.4. The van der Waals surface area contributed by atoms with E-state index in [0.29, 0.717) is 37.8 Å². The van der Waals surface area contributed by atoms with Crippen molar-refractivity contribution in [2.45, 2.75) is 38.1 Å². The van der Waals surface area contributed by atoms with Gasteiger partial charge in [-0.05, 0) is 51.8 Å². The number of hydrogen-bond donors (Lipinski definition) is 1. The van der Waals surface area contributed by atoms with Crippen molar-refractivity contribution in [1.82, 2.24) is 4.31 Å². The van der Waals surface area contributed by atoms with Gasteiger partial charge in [0.05, 0.1) is 18.1 Å². The molecule has 1 saturated heterocycles. The molecule has 6 nitrogen and oxygen atoms in total. The smallest absolute Gasteiger partial charge is 0.243 e. The van der Waals surface area contributed by atoms with E-state index in [0.717, 1.165) is 6.42 Å². The van der Waals surface area contributed by atoms with Crippen molar-refractivity contribution in [2.24, 2.45) is 11.7 Å². The Morgan fingerprint density at radius 2 is 1.83 bits per heavy atom. The van der Waals surface area contributed by atoms with Crippen LogP contribution in [0.3, 0.4) is 0 Å². The molecule has 1 aromatic rings. The van der Waals surface area contributed by atoms with Crippen LogP contribution in [0, 0.1) is 5.92 Å². The average molecular weight is 379 g/mol. The van der Waals surface area contributed by atoms with Gasteiger partial charge < -0.3 is 15.2 Å². The second-order valence-corrected chi connectivity index (χ2v) is 7.63. The Morgan fingerprint density at radius 3 is 2.38 bits per heavy atom. The predicted octanol–water partition coefficient (Wildman–Crippen LogP) is 2.26. The minimum Gasteiger partial charge on any atom is -0.490 e. The van der Waals surface area contributed by atoms with Gasteiger partial charge in [-0.15, -0.1) is 12.4 Å². The van der Waals surface area contributed by atoms with E-state index < -0.39 is 10.0 Å². The molecule has 138 valence electrons. The van der Waals surface area contributed by atoms with Crippen LogP contribution < -0.4 is 15.2 Å². The maximum Gasteiger partial charge on any atom is 0.243 e. The maximum atomic E-state index is 12.9. The first-order valence-corrected chi connectivity index (χ1v) is 9.49. The van der Waals surface area contributed by atoms with Crippen molar-refractivity contribution in [3.05, 3.63) is 18.2 Å². The monoisotopic (exact) mass is 378 g/mol. The van der Waals surface area contributed by atoms with Gasteiger partial charge in [-0.25, -0.2) is 8.42 Å². The molecule has 24 heavy (non-hydrogen) atoms. The first kappa shape index (κ1) is 21.0. The zero-order valence-electron chi connectivity index (χ0n) is 14.4. The van der Waals surface area contributed by atoms with E-state index in [4.69, 9.17) is 15.2 Å². The molecule has 2 unspecified atom stereocenters. The number of nitrogens with two attached hydrogens (primary N) is 1. The van der Waals surface area contributed by atoms with Crippen LogP contribution in [-0.2, 0) is 10.0 Å². The molecule has 1 aliphatic rings. The van der Waals surface area contributed by atoms with E-state index in [2.05, 4.69) is 0 Å². The first-order valence-electron chi connectivity index (χ1n) is 8.05. The lowest BCUT2D eigenvalue weighted by atomic mass is 10.1. The summed E-state index contributed by atoms with van der Waals surface area (Å²) in [5.74, 6) is 1.23. The van der Waals surface area contributed by atoms with Crippen molar-refractivity contribution in [1.29, 1.82) is 0 Å². The SMILES string of the molecule is CCOc1ccc(S(=O)(=O)N2CC(CN)CC2C)cc1OCC.Cl. The number of rotatable bonds is 7. The lowest BCUT2D eigenvalue weighted by Gasteiger charge is -2.22. The van der Waals surface area contributed by atoms with Crippen molar-refractivity contribution in [3.8, 4) is 11.5 Å². The van der Waals surface area contributed by atoms with Gasteiger partial charge in [-0.2, -0.15) is 4.31 Å². The van der Waals surface area contributed by atoms with Gasteiger partial charge in [0.2, 0.25) is 10.0 Å². The fourth-order valence-electron chi connectivity index (χ4n) is 2.94. The Morgan fingerprint density at radius 1 is 1.21 bits per heavy atom. The van der Waals surface area contributed by atoms with Gasteiger partial charge in [0, 0.05) is 18.7 Å². The van der Waals surface area contributed by atoms with Gasteiger partial charge >= 0.3 is 0 Å². The van der Waals surface area contributed by atoms with E-state index in [-0.39, 0.29) is 29.3 Å². The van der Waals surface area contributed by atoms with Gasteiger partial charge in [-0.1, -0.05) is 0 Å². The Bertz CT molecular complexity index is 639. The van der Waals surface area contributed by atoms with Crippen LogP contribution in [0.4, 0.5) is 0 Å². The molecule has 0 spiro atoms. The van der Waals surface area contributed by atoms with Gasteiger partial charge in [0.1, 0.15) is 0 Å². The summed E-state index contributed by atoms with van der Waals surface area (Å²) in [6, 6.07) is 4.73. The van der Waals surface area contributed by atoms with E-state index in [1.807, 2.05) is 20.8 Å². The minimum atomic E-state index is -3.56. The number of nitrogens with zero attached hydrogens (tertiary/aromatic N) is 1. The zero-order valence-corrected chi connectivity index (χ0v) is 16.0. The Labute approximate surface area is 150 Å². The Kier molecular flexibility index (Phi) is 7.79. The summed E-state index contributed by atoms with van der Waals surface area (Å²) >= 11 is 0. The summed E-state index contributed by atoms with van der Waals surface area (Å²) in [4.78, 5) is 0.230. The van der Waals surface area contributed by atoms with E-state index in [9.17, 15) is 8.42 Å². The number of hydrogen-bond acceptors (Lipinski definition) is 5. The minimum absolute atomic E-state index is 0. The highest BCUT2D eigenvalue weighted by Gasteiger charge is 2.37. The maximum absolute atomic E-state index is 12.9. The molecule has 2 atom stereocenters. The molecule has 0 amide bonds. The summed E-state index contributed by atoms with van der Waals surface area (Å²) in [5, 5.41) is 0. The van der Waals surface area contributed by atoms with E-state index in [1.165, 1.54) is 4.31 Å². The molecular formula is C16H27ClN2O4S. The fourth-order valence-corrected chi connectivity index (χ4v) is 4.68. The molecule has 1 aliphatic heterocycles. The van der Waals surface area contributed by atoms with Crippen molar-refractivity contribution in [3.63, 3.8) is 0 Å². The molecule has 0 saturated carbocycles. The largest absolute Gasteiger partial charge is 0.490 e. The van der Waals surface area contributed by atoms with E-state index in [1.54, 1.807) is 18.2 Å². The van der Waals surface area contributed by atoms with Crippen LogP contribution in [0.15, 0.2) is 23.1 Å². The molecule has 2 rings (SSSR count). The van der Waals surface area contributed by atoms with Crippen LogP contribution in [-0.4, -0.2) is 45.1 Å². The molecule has 8 heteroatoms. The first-order chi connectivity index (χ1) is 10.9. The normalized spacial score (nSPS) is 21.3. The third kappa shape index (κ3) is 4.33. The molecule has 1 heterocycles. The van der Waals surface area contributed by atoms with Crippen molar-refractivity contribution < 1.29 is 17.9 Å².